The minimum atomic E-state index is 0.236. The molecular formula is C27H26N4O3. The summed E-state index contributed by atoms with van der Waals surface area (Å²) in [6.07, 6.45) is 0. The Labute approximate surface area is 198 Å². The van der Waals surface area contributed by atoms with E-state index in [1.165, 1.54) is 5.56 Å². The van der Waals surface area contributed by atoms with Crippen molar-refractivity contribution in [2.75, 3.05) is 7.11 Å². The van der Waals surface area contributed by atoms with Crippen LogP contribution >= 0.6 is 0 Å². The second-order valence-electron chi connectivity index (χ2n) is 8.32. The molecule has 0 aliphatic carbocycles. The molecule has 0 radical (unpaired) electrons. The Morgan fingerprint density at radius 1 is 0.941 bits per heavy atom. The fourth-order valence-electron chi connectivity index (χ4n) is 4.05. The van der Waals surface area contributed by atoms with Gasteiger partial charge in [0.25, 0.3) is 0 Å². The first-order valence-electron chi connectivity index (χ1n) is 11.1. The summed E-state index contributed by atoms with van der Waals surface area (Å²) in [5.41, 5.74) is 6.42. The second kappa shape index (κ2) is 8.67. The Morgan fingerprint density at radius 2 is 1.71 bits per heavy atom. The molecule has 0 saturated heterocycles. The number of hydrogen-bond donors (Lipinski definition) is 0. The molecule has 34 heavy (non-hydrogen) atoms. The first-order valence-corrected chi connectivity index (χ1v) is 11.1. The number of oxazole rings is 1. The highest BCUT2D eigenvalue weighted by atomic mass is 16.5. The summed E-state index contributed by atoms with van der Waals surface area (Å²) in [6.45, 7) is 8.23. The Kier molecular flexibility index (Phi) is 5.53. The van der Waals surface area contributed by atoms with Crippen molar-refractivity contribution in [1.82, 2.24) is 19.7 Å². The van der Waals surface area contributed by atoms with Crippen LogP contribution in [0.5, 0.6) is 11.6 Å². The lowest BCUT2D eigenvalue weighted by Gasteiger charge is -2.08. The number of benzene rings is 2. The normalized spacial score (nSPS) is 11.2. The van der Waals surface area contributed by atoms with Crippen molar-refractivity contribution < 1.29 is 13.9 Å². The van der Waals surface area contributed by atoms with Crippen molar-refractivity contribution in [3.05, 3.63) is 82.9 Å². The average molecular weight is 455 g/mol. The van der Waals surface area contributed by atoms with Gasteiger partial charge in [-0.3, -0.25) is 0 Å². The maximum atomic E-state index is 6.08. The minimum absolute atomic E-state index is 0.236. The quantitative estimate of drug-likeness (QED) is 0.318. The zero-order valence-corrected chi connectivity index (χ0v) is 19.9. The third kappa shape index (κ3) is 3.90. The van der Waals surface area contributed by atoms with Crippen molar-refractivity contribution >= 4 is 11.0 Å². The number of ether oxygens (including phenoxy) is 2. The van der Waals surface area contributed by atoms with Gasteiger partial charge in [0.2, 0.25) is 11.8 Å². The molecule has 7 nitrogen and oxygen atoms in total. The second-order valence-corrected chi connectivity index (χ2v) is 8.32. The minimum Gasteiger partial charge on any atom is -0.496 e. The van der Waals surface area contributed by atoms with E-state index in [-0.39, 0.29) is 6.61 Å². The number of aromatic nitrogens is 4. The van der Waals surface area contributed by atoms with Gasteiger partial charge in [-0.15, -0.1) is 0 Å². The molecule has 2 aromatic carbocycles. The third-order valence-electron chi connectivity index (χ3n) is 5.85. The van der Waals surface area contributed by atoms with Crippen LogP contribution in [0.1, 0.15) is 28.3 Å². The van der Waals surface area contributed by atoms with Crippen molar-refractivity contribution in [3.63, 3.8) is 0 Å². The van der Waals surface area contributed by atoms with Gasteiger partial charge in [-0.25, -0.2) is 9.67 Å². The Balaban J connectivity index is 1.45. The molecule has 3 heterocycles. The van der Waals surface area contributed by atoms with Gasteiger partial charge in [0.05, 0.1) is 24.1 Å². The van der Waals surface area contributed by atoms with E-state index in [2.05, 4.69) is 24.0 Å². The fourth-order valence-corrected chi connectivity index (χ4v) is 4.05. The van der Waals surface area contributed by atoms with Gasteiger partial charge in [-0.2, -0.15) is 10.1 Å². The zero-order chi connectivity index (χ0) is 23.8. The average Bonchev–Trinajstić information content (AvgIpc) is 3.37. The van der Waals surface area contributed by atoms with Crippen LogP contribution in [0.2, 0.25) is 0 Å². The summed E-state index contributed by atoms with van der Waals surface area (Å²) in [5, 5.41) is 5.77. The number of rotatable bonds is 6. The van der Waals surface area contributed by atoms with Crippen LogP contribution in [0.15, 0.2) is 59.0 Å². The van der Waals surface area contributed by atoms with Crippen molar-refractivity contribution in [2.24, 2.45) is 0 Å². The molecule has 5 rings (SSSR count). The van der Waals surface area contributed by atoms with Crippen LogP contribution in [0.25, 0.3) is 28.2 Å². The molecule has 0 spiro atoms. The predicted octanol–water partition coefficient (Wildman–Crippen LogP) is 5.90. The SMILES string of the molecule is COc1ccccc1-c1nc(COc2cc(C)c3c(C)nn(-c4ccc(C)cc4)c3n2)c(C)o1. The molecule has 0 unspecified atom stereocenters. The van der Waals surface area contributed by atoms with E-state index in [1.807, 2.05) is 67.9 Å². The summed E-state index contributed by atoms with van der Waals surface area (Å²) >= 11 is 0. The highest BCUT2D eigenvalue weighted by Crippen LogP contribution is 2.31. The molecule has 0 N–H and O–H groups in total. The standard InChI is InChI=1S/C27H26N4O3/c1-16-10-12-20(13-11-16)31-26-25(18(3)30-31)17(2)14-24(29-26)33-15-22-19(4)34-27(28-22)21-8-6-7-9-23(21)32-5/h6-14H,15H2,1-5H3. The monoisotopic (exact) mass is 454 g/mol. The van der Waals surface area contributed by atoms with Crippen LogP contribution in [-0.4, -0.2) is 26.9 Å². The lowest BCUT2D eigenvalue weighted by atomic mass is 10.1. The Morgan fingerprint density at radius 3 is 2.47 bits per heavy atom. The van der Waals surface area contributed by atoms with E-state index < -0.39 is 0 Å². The number of aryl methyl sites for hydroxylation is 4. The largest absolute Gasteiger partial charge is 0.496 e. The summed E-state index contributed by atoms with van der Waals surface area (Å²) < 4.78 is 19.3. The lowest BCUT2D eigenvalue weighted by molar-refractivity contribution is 0.288. The van der Waals surface area contributed by atoms with Gasteiger partial charge >= 0.3 is 0 Å². The maximum Gasteiger partial charge on any atom is 0.230 e. The highest BCUT2D eigenvalue weighted by Gasteiger charge is 2.18. The summed E-state index contributed by atoms with van der Waals surface area (Å²) in [6, 6.07) is 17.8. The topological polar surface area (TPSA) is 75.2 Å². The summed E-state index contributed by atoms with van der Waals surface area (Å²) in [5.74, 6) is 2.42. The van der Waals surface area contributed by atoms with Gasteiger partial charge in [-0.05, 0) is 57.5 Å². The van der Waals surface area contributed by atoms with Gasteiger partial charge in [0.1, 0.15) is 23.8 Å². The van der Waals surface area contributed by atoms with Crippen LogP contribution in [0, 0.1) is 27.7 Å². The number of nitrogens with zero attached hydrogens (tertiary/aromatic N) is 4. The smallest absolute Gasteiger partial charge is 0.230 e. The van der Waals surface area contributed by atoms with Crippen molar-refractivity contribution in [1.29, 1.82) is 0 Å². The first kappa shape index (κ1) is 21.7. The molecule has 7 heteroatoms. The van der Waals surface area contributed by atoms with E-state index in [9.17, 15) is 0 Å². The molecule has 3 aromatic heterocycles. The van der Waals surface area contributed by atoms with Gasteiger partial charge in [-0.1, -0.05) is 29.8 Å². The highest BCUT2D eigenvalue weighted by molar-refractivity contribution is 5.84. The van der Waals surface area contributed by atoms with Crippen molar-refractivity contribution in [2.45, 2.75) is 34.3 Å². The Hall–Kier alpha value is -4.13. The van der Waals surface area contributed by atoms with Gasteiger partial charge in [0, 0.05) is 11.5 Å². The summed E-state index contributed by atoms with van der Waals surface area (Å²) in [7, 11) is 1.63. The Bertz CT molecular complexity index is 1480. The van der Waals surface area contributed by atoms with Crippen LogP contribution in [0.4, 0.5) is 0 Å². The van der Waals surface area contributed by atoms with Gasteiger partial charge < -0.3 is 13.9 Å². The number of pyridine rings is 1. The zero-order valence-electron chi connectivity index (χ0n) is 19.9. The van der Waals surface area contributed by atoms with E-state index in [0.717, 1.165) is 33.5 Å². The van der Waals surface area contributed by atoms with Crippen molar-refractivity contribution in [3.8, 4) is 28.8 Å². The fraction of sp³-hybridized carbons (Fsp3) is 0.222. The number of methoxy groups -OCH3 is 1. The number of fused-ring (bicyclic) bond motifs is 1. The molecule has 0 amide bonds. The van der Waals surface area contributed by atoms with E-state index in [0.29, 0.717) is 29.0 Å². The predicted molar refractivity (Wildman–Crippen MR) is 131 cm³/mol. The van der Waals surface area contributed by atoms with Crippen LogP contribution in [-0.2, 0) is 6.61 Å². The molecular weight excluding hydrogens is 428 g/mol. The van der Waals surface area contributed by atoms with Crippen LogP contribution < -0.4 is 9.47 Å². The van der Waals surface area contributed by atoms with E-state index in [4.69, 9.17) is 24.0 Å². The lowest BCUT2D eigenvalue weighted by Crippen LogP contribution is -2.02. The van der Waals surface area contributed by atoms with Gasteiger partial charge in [0.15, 0.2) is 5.65 Å². The molecule has 0 saturated carbocycles. The molecule has 0 atom stereocenters. The van der Waals surface area contributed by atoms with Crippen LogP contribution in [0.3, 0.4) is 0 Å². The molecule has 0 aliphatic heterocycles. The molecule has 172 valence electrons. The number of para-hydroxylation sites is 1. The van der Waals surface area contributed by atoms with E-state index in [1.54, 1.807) is 7.11 Å². The van der Waals surface area contributed by atoms with E-state index >= 15 is 0 Å². The molecule has 0 bridgehead atoms. The number of hydrogen-bond acceptors (Lipinski definition) is 6. The summed E-state index contributed by atoms with van der Waals surface area (Å²) in [4.78, 5) is 9.44. The molecule has 0 fully saturated rings. The third-order valence-corrected chi connectivity index (χ3v) is 5.85. The first-order chi connectivity index (χ1) is 16.4. The maximum absolute atomic E-state index is 6.08. The molecule has 5 aromatic rings. The molecule has 0 aliphatic rings.